The van der Waals surface area contributed by atoms with Gasteiger partial charge in [0, 0.05) is 13.1 Å². The van der Waals surface area contributed by atoms with Crippen molar-refractivity contribution in [3.8, 4) is 5.75 Å². The van der Waals surface area contributed by atoms with Crippen LogP contribution in [-0.2, 0) is 19.6 Å². The van der Waals surface area contributed by atoms with Crippen molar-refractivity contribution in [2.24, 2.45) is 5.92 Å². The first kappa shape index (κ1) is 18.0. The Kier molecular flexibility index (Phi) is 5.89. The number of benzene rings is 1. The third-order valence-corrected chi connectivity index (χ3v) is 5.92. The minimum Gasteiger partial charge on any atom is -0.495 e. The maximum Gasteiger partial charge on any atom is 0.310 e. The third-order valence-electron chi connectivity index (χ3n) is 3.77. The summed E-state index contributed by atoms with van der Waals surface area (Å²) in [4.78, 5) is 12.0. The van der Waals surface area contributed by atoms with Gasteiger partial charge in [-0.05, 0) is 38.0 Å². The van der Waals surface area contributed by atoms with E-state index in [9.17, 15) is 13.2 Å². The van der Waals surface area contributed by atoms with Gasteiger partial charge in [0.2, 0.25) is 10.0 Å². The molecule has 128 valence electrons. The molecule has 0 N–H and O–H groups in total. The smallest absolute Gasteiger partial charge is 0.310 e. The second-order valence-corrected chi connectivity index (χ2v) is 7.60. The molecule has 0 amide bonds. The molecule has 1 aliphatic rings. The van der Waals surface area contributed by atoms with Crippen LogP contribution in [0.4, 0.5) is 0 Å². The lowest BCUT2D eigenvalue weighted by Crippen LogP contribution is -2.42. The fourth-order valence-corrected chi connectivity index (χ4v) is 4.44. The molecule has 1 heterocycles. The van der Waals surface area contributed by atoms with E-state index in [-0.39, 0.29) is 29.0 Å². The first-order valence-corrected chi connectivity index (χ1v) is 9.22. The summed E-state index contributed by atoms with van der Waals surface area (Å²) >= 11 is 6.01. The van der Waals surface area contributed by atoms with Crippen molar-refractivity contribution in [1.82, 2.24) is 4.31 Å². The summed E-state index contributed by atoms with van der Waals surface area (Å²) in [6.45, 7) is 2.53. The lowest BCUT2D eigenvalue weighted by molar-refractivity contribution is -0.149. The first-order valence-electron chi connectivity index (χ1n) is 7.40. The molecular weight excluding hydrogens is 342 g/mol. The van der Waals surface area contributed by atoms with Crippen LogP contribution in [0.25, 0.3) is 0 Å². The highest BCUT2D eigenvalue weighted by atomic mass is 35.5. The lowest BCUT2D eigenvalue weighted by atomic mass is 10.0. The number of hydrogen-bond acceptors (Lipinski definition) is 5. The quantitative estimate of drug-likeness (QED) is 0.752. The van der Waals surface area contributed by atoms with Crippen LogP contribution < -0.4 is 4.74 Å². The maximum atomic E-state index is 12.7. The van der Waals surface area contributed by atoms with Gasteiger partial charge in [-0.25, -0.2) is 8.42 Å². The standard InChI is InChI=1S/C15H20ClNO5S/c1-3-22-15(18)11-5-4-8-17(10-11)23(19,20)12-6-7-14(21-2)13(16)9-12/h6-7,9,11H,3-5,8,10H2,1-2H3/t11-/m1/s1. The average molecular weight is 362 g/mol. The molecule has 0 spiro atoms. The Morgan fingerprint density at radius 1 is 1.43 bits per heavy atom. The van der Waals surface area contributed by atoms with E-state index in [1.165, 1.54) is 29.6 Å². The van der Waals surface area contributed by atoms with Gasteiger partial charge < -0.3 is 9.47 Å². The summed E-state index contributed by atoms with van der Waals surface area (Å²) < 4.78 is 36.8. The molecule has 0 radical (unpaired) electrons. The van der Waals surface area contributed by atoms with E-state index < -0.39 is 15.9 Å². The Hall–Kier alpha value is -1.31. The fraction of sp³-hybridized carbons (Fsp3) is 0.533. The van der Waals surface area contributed by atoms with Gasteiger partial charge >= 0.3 is 5.97 Å². The summed E-state index contributed by atoms with van der Waals surface area (Å²) in [7, 11) is -2.24. The molecule has 1 aromatic carbocycles. The zero-order valence-corrected chi connectivity index (χ0v) is 14.7. The summed E-state index contributed by atoms with van der Waals surface area (Å²) in [5.41, 5.74) is 0. The van der Waals surface area contributed by atoms with Gasteiger partial charge in [-0.3, -0.25) is 4.79 Å². The molecule has 1 aromatic rings. The van der Waals surface area contributed by atoms with Crippen molar-refractivity contribution in [1.29, 1.82) is 0 Å². The Morgan fingerprint density at radius 2 is 2.17 bits per heavy atom. The SMILES string of the molecule is CCOC(=O)[C@@H]1CCCN(S(=O)(=O)c2ccc(OC)c(Cl)c2)C1. The summed E-state index contributed by atoms with van der Waals surface area (Å²) in [5.74, 6) is -0.360. The Morgan fingerprint density at radius 3 is 2.78 bits per heavy atom. The van der Waals surface area contributed by atoms with Crippen LogP contribution in [-0.4, -0.2) is 45.5 Å². The number of esters is 1. The number of carbonyl (C=O) groups is 1. The van der Waals surface area contributed by atoms with Crippen molar-refractivity contribution in [2.45, 2.75) is 24.7 Å². The molecule has 1 aliphatic heterocycles. The molecule has 2 rings (SSSR count). The maximum absolute atomic E-state index is 12.7. The molecular formula is C15H20ClNO5S. The average Bonchev–Trinajstić information content (AvgIpc) is 2.55. The zero-order valence-electron chi connectivity index (χ0n) is 13.1. The predicted molar refractivity (Wildman–Crippen MR) is 86.1 cm³/mol. The number of sulfonamides is 1. The van der Waals surface area contributed by atoms with E-state index in [4.69, 9.17) is 21.1 Å². The Bertz CT molecular complexity index is 676. The molecule has 0 aliphatic carbocycles. The first-order chi connectivity index (χ1) is 10.9. The van der Waals surface area contributed by atoms with Crippen LogP contribution in [0.3, 0.4) is 0 Å². The molecule has 0 saturated carbocycles. The van der Waals surface area contributed by atoms with Crippen molar-refractivity contribution in [2.75, 3.05) is 26.8 Å². The number of hydrogen-bond donors (Lipinski definition) is 0. The van der Waals surface area contributed by atoms with Gasteiger partial charge in [0.25, 0.3) is 0 Å². The topological polar surface area (TPSA) is 72.9 Å². The Balaban J connectivity index is 2.21. The molecule has 6 nitrogen and oxygen atoms in total. The van der Waals surface area contributed by atoms with E-state index in [0.717, 1.165) is 0 Å². The number of halogens is 1. The Labute approximate surface area is 141 Å². The van der Waals surface area contributed by atoms with Gasteiger partial charge in [-0.1, -0.05) is 11.6 Å². The van der Waals surface area contributed by atoms with Crippen molar-refractivity contribution in [3.05, 3.63) is 23.2 Å². The minimum absolute atomic E-state index is 0.0906. The normalized spacial score (nSPS) is 19.3. The highest BCUT2D eigenvalue weighted by molar-refractivity contribution is 7.89. The van der Waals surface area contributed by atoms with Crippen LogP contribution in [0.1, 0.15) is 19.8 Å². The highest BCUT2D eigenvalue weighted by Gasteiger charge is 2.34. The van der Waals surface area contributed by atoms with E-state index in [0.29, 0.717) is 25.1 Å². The second-order valence-electron chi connectivity index (χ2n) is 5.25. The molecule has 0 bridgehead atoms. The minimum atomic E-state index is -3.71. The van der Waals surface area contributed by atoms with Gasteiger partial charge in [0.15, 0.2) is 0 Å². The molecule has 8 heteroatoms. The summed E-state index contributed by atoms with van der Waals surface area (Å²) in [5, 5.41) is 0.229. The van der Waals surface area contributed by atoms with Crippen LogP contribution in [0.15, 0.2) is 23.1 Å². The van der Waals surface area contributed by atoms with Crippen LogP contribution >= 0.6 is 11.6 Å². The van der Waals surface area contributed by atoms with E-state index in [2.05, 4.69) is 0 Å². The number of ether oxygens (including phenoxy) is 2. The van der Waals surface area contributed by atoms with Crippen molar-refractivity contribution >= 4 is 27.6 Å². The van der Waals surface area contributed by atoms with Crippen LogP contribution in [0.5, 0.6) is 5.75 Å². The molecule has 1 saturated heterocycles. The van der Waals surface area contributed by atoms with Gasteiger partial charge in [-0.2, -0.15) is 4.31 Å². The van der Waals surface area contributed by atoms with E-state index in [1.54, 1.807) is 6.92 Å². The lowest BCUT2D eigenvalue weighted by Gasteiger charge is -2.30. The monoisotopic (exact) mass is 361 g/mol. The number of methoxy groups -OCH3 is 1. The van der Waals surface area contributed by atoms with Crippen molar-refractivity contribution < 1.29 is 22.7 Å². The van der Waals surface area contributed by atoms with Crippen LogP contribution in [0, 0.1) is 5.92 Å². The zero-order chi connectivity index (χ0) is 17.0. The summed E-state index contributed by atoms with van der Waals surface area (Å²) in [6, 6.07) is 4.33. The molecule has 1 atom stereocenters. The van der Waals surface area contributed by atoms with Crippen molar-refractivity contribution in [3.63, 3.8) is 0 Å². The molecule has 1 fully saturated rings. The largest absolute Gasteiger partial charge is 0.495 e. The number of rotatable bonds is 5. The number of carbonyl (C=O) groups excluding carboxylic acids is 1. The molecule has 0 aromatic heterocycles. The third kappa shape index (κ3) is 3.97. The van der Waals surface area contributed by atoms with Gasteiger partial charge in [0.1, 0.15) is 5.75 Å². The fourth-order valence-electron chi connectivity index (χ4n) is 2.57. The van der Waals surface area contributed by atoms with Gasteiger partial charge in [-0.15, -0.1) is 0 Å². The van der Waals surface area contributed by atoms with E-state index in [1.807, 2.05) is 0 Å². The number of piperidine rings is 1. The molecule has 0 unspecified atom stereocenters. The number of nitrogens with zero attached hydrogens (tertiary/aromatic N) is 1. The summed E-state index contributed by atoms with van der Waals surface area (Å²) in [6.07, 6.45) is 1.25. The predicted octanol–water partition coefficient (Wildman–Crippen LogP) is 2.31. The van der Waals surface area contributed by atoms with Gasteiger partial charge in [0.05, 0.1) is 29.6 Å². The highest BCUT2D eigenvalue weighted by Crippen LogP contribution is 2.30. The molecule has 23 heavy (non-hydrogen) atoms. The van der Waals surface area contributed by atoms with E-state index >= 15 is 0 Å². The second kappa shape index (κ2) is 7.51. The van der Waals surface area contributed by atoms with Crippen LogP contribution in [0.2, 0.25) is 5.02 Å².